The molecule has 0 bridgehead atoms. The molecule has 1 rings (SSSR count). The number of halogens is 1. The fourth-order valence-corrected chi connectivity index (χ4v) is 1.26. The smallest absolute Gasteiger partial charge is 0.0455 e. The molecule has 0 unspecified atom stereocenters. The highest BCUT2D eigenvalue weighted by Gasteiger charge is 1.95. The Hall–Kier alpha value is -0.950. The predicted molar refractivity (Wildman–Crippen MR) is 64.1 cm³/mol. The van der Waals surface area contributed by atoms with Crippen molar-refractivity contribution >= 4 is 17.3 Å². The van der Waals surface area contributed by atoms with E-state index >= 15 is 0 Å². The van der Waals surface area contributed by atoms with Crippen LogP contribution >= 0.6 is 11.6 Å². The summed E-state index contributed by atoms with van der Waals surface area (Å²) < 4.78 is 0. The number of hydrogen-bond donors (Lipinski definition) is 1. The molecule has 0 saturated carbocycles. The second kappa shape index (κ2) is 5.06. The zero-order chi connectivity index (χ0) is 10.6. The second-order valence-corrected chi connectivity index (χ2v) is 4.03. The Balaban J connectivity index is 2.60. The number of nitrogens with one attached hydrogen (secondary N) is 1. The quantitative estimate of drug-likeness (QED) is 0.742. The van der Waals surface area contributed by atoms with Crippen molar-refractivity contribution in [3.05, 3.63) is 40.4 Å². The van der Waals surface area contributed by atoms with Gasteiger partial charge in [-0.15, -0.1) is 0 Å². The minimum absolute atomic E-state index is 0.812. The van der Waals surface area contributed by atoms with Crippen LogP contribution in [0.4, 0.5) is 5.69 Å². The summed E-state index contributed by atoms with van der Waals surface area (Å²) in [6.07, 6.45) is 2.15. The third-order valence-electron chi connectivity index (χ3n) is 1.99. The molecule has 1 nitrogen and oxygen atoms in total. The Bertz CT molecular complexity index is 338. The van der Waals surface area contributed by atoms with Gasteiger partial charge in [-0.1, -0.05) is 29.3 Å². The zero-order valence-electron chi connectivity index (χ0n) is 8.89. The van der Waals surface area contributed by atoms with Crippen molar-refractivity contribution in [2.24, 2.45) is 0 Å². The summed E-state index contributed by atoms with van der Waals surface area (Å²) >= 11 is 6.00. The van der Waals surface area contributed by atoms with E-state index in [9.17, 15) is 0 Å². The van der Waals surface area contributed by atoms with Gasteiger partial charge in [0.05, 0.1) is 0 Å². The van der Waals surface area contributed by atoms with Crippen LogP contribution in [0.15, 0.2) is 29.8 Å². The van der Waals surface area contributed by atoms with Crippen molar-refractivity contribution < 1.29 is 0 Å². The lowest BCUT2D eigenvalue weighted by molar-refractivity contribution is 1.26. The van der Waals surface area contributed by atoms with E-state index in [4.69, 9.17) is 11.6 Å². The Labute approximate surface area is 90.8 Å². The van der Waals surface area contributed by atoms with Crippen molar-refractivity contribution in [1.29, 1.82) is 0 Å². The standard InChI is InChI=1S/C12H16ClN/c1-9(2)6-7-14-11-5-4-10(3)12(13)8-11/h4-6,8,14H,7H2,1-3H3. The van der Waals surface area contributed by atoms with Crippen LogP contribution in [0.1, 0.15) is 19.4 Å². The van der Waals surface area contributed by atoms with Gasteiger partial charge >= 0.3 is 0 Å². The second-order valence-electron chi connectivity index (χ2n) is 3.63. The molecule has 1 aromatic rings. The molecule has 0 aromatic heterocycles. The van der Waals surface area contributed by atoms with E-state index in [1.165, 1.54) is 5.57 Å². The maximum absolute atomic E-state index is 6.00. The van der Waals surface area contributed by atoms with Gasteiger partial charge in [-0.3, -0.25) is 0 Å². The molecule has 0 fully saturated rings. The van der Waals surface area contributed by atoms with Crippen LogP contribution < -0.4 is 5.32 Å². The van der Waals surface area contributed by atoms with E-state index in [0.717, 1.165) is 22.8 Å². The van der Waals surface area contributed by atoms with Gasteiger partial charge < -0.3 is 5.32 Å². The van der Waals surface area contributed by atoms with E-state index < -0.39 is 0 Å². The van der Waals surface area contributed by atoms with Crippen LogP contribution in [0.3, 0.4) is 0 Å². The average Bonchev–Trinajstić information content (AvgIpc) is 2.10. The highest BCUT2D eigenvalue weighted by atomic mass is 35.5. The maximum atomic E-state index is 6.00. The summed E-state index contributed by atoms with van der Waals surface area (Å²) in [4.78, 5) is 0. The number of rotatable bonds is 3. The van der Waals surface area contributed by atoms with Crippen molar-refractivity contribution in [1.82, 2.24) is 0 Å². The van der Waals surface area contributed by atoms with Crippen LogP contribution in [-0.2, 0) is 0 Å². The molecule has 76 valence electrons. The van der Waals surface area contributed by atoms with Crippen LogP contribution in [-0.4, -0.2) is 6.54 Å². The molecule has 0 spiro atoms. The molecule has 0 atom stereocenters. The van der Waals surface area contributed by atoms with Gasteiger partial charge in [-0.25, -0.2) is 0 Å². The zero-order valence-corrected chi connectivity index (χ0v) is 9.65. The summed E-state index contributed by atoms with van der Waals surface area (Å²) in [7, 11) is 0. The molecule has 0 aliphatic carbocycles. The van der Waals surface area contributed by atoms with Gasteiger partial charge in [-0.2, -0.15) is 0 Å². The van der Waals surface area contributed by atoms with Crippen molar-refractivity contribution in [3.8, 4) is 0 Å². The molecule has 0 heterocycles. The molecular formula is C12H16ClN. The molecule has 14 heavy (non-hydrogen) atoms. The van der Waals surface area contributed by atoms with E-state index in [2.05, 4.69) is 25.2 Å². The lowest BCUT2D eigenvalue weighted by Crippen LogP contribution is -1.98. The third-order valence-corrected chi connectivity index (χ3v) is 2.40. The Morgan fingerprint density at radius 1 is 1.43 bits per heavy atom. The topological polar surface area (TPSA) is 12.0 Å². The van der Waals surface area contributed by atoms with E-state index in [1.807, 2.05) is 25.1 Å². The summed E-state index contributed by atoms with van der Waals surface area (Å²) in [5, 5.41) is 4.10. The van der Waals surface area contributed by atoms with Crippen LogP contribution in [0.25, 0.3) is 0 Å². The van der Waals surface area contributed by atoms with Crippen LogP contribution in [0.5, 0.6) is 0 Å². The first-order valence-corrected chi connectivity index (χ1v) is 5.11. The lowest BCUT2D eigenvalue weighted by atomic mass is 10.2. The molecule has 0 saturated heterocycles. The molecule has 0 aliphatic rings. The fourth-order valence-electron chi connectivity index (χ4n) is 1.08. The third kappa shape index (κ3) is 3.43. The van der Waals surface area contributed by atoms with E-state index in [0.29, 0.717) is 0 Å². The SMILES string of the molecule is CC(C)=CCNc1ccc(C)c(Cl)c1. The minimum atomic E-state index is 0.812. The molecule has 0 amide bonds. The monoisotopic (exact) mass is 209 g/mol. The molecule has 0 radical (unpaired) electrons. The number of anilines is 1. The summed E-state index contributed by atoms with van der Waals surface area (Å²) in [6.45, 7) is 7.03. The summed E-state index contributed by atoms with van der Waals surface area (Å²) in [5.74, 6) is 0. The lowest BCUT2D eigenvalue weighted by Gasteiger charge is -2.05. The van der Waals surface area contributed by atoms with Crippen molar-refractivity contribution in [2.75, 3.05) is 11.9 Å². The maximum Gasteiger partial charge on any atom is 0.0455 e. The van der Waals surface area contributed by atoms with Crippen LogP contribution in [0.2, 0.25) is 5.02 Å². The highest BCUT2D eigenvalue weighted by Crippen LogP contribution is 2.19. The van der Waals surface area contributed by atoms with Crippen molar-refractivity contribution in [2.45, 2.75) is 20.8 Å². The summed E-state index contributed by atoms with van der Waals surface area (Å²) in [6, 6.07) is 6.02. The van der Waals surface area contributed by atoms with Crippen LogP contribution in [0, 0.1) is 6.92 Å². The first kappa shape index (κ1) is 11.1. The van der Waals surface area contributed by atoms with E-state index in [-0.39, 0.29) is 0 Å². The summed E-state index contributed by atoms with van der Waals surface area (Å²) in [5.41, 5.74) is 3.49. The molecular weight excluding hydrogens is 194 g/mol. The molecule has 2 heteroatoms. The average molecular weight is 210 g/mol. The molecule has 1 N–H and O–H groups in total. The number of benzene rings is 1. The van der Waals surface area contributed by atoms with Crippen molar-refractivity contribution in [3.63, 3.8) is 0 Å². The number of hydrogen-bond acceptors (Lipinski definition) is 1. The van der Waals surface area contributed by atoms with Gasteiger partial charge in [0.1, 0.15) is 0 Å². The number of aryl methyl sites for hydroxylation is 1. The van der Waals surface area contributed by atoms with Gasteiger partial charge in [0, 0.05) is 17.3 Å². The molecule has 1 aromatic carbocycles. The Morgan fingerprint density at radius 3 is 2.71 bits per heavy atom. The van der Waals surface area contributed by atoms with Gasteiger partial charge in [-0.05, 0) is 38.5 Å². The fraction of sp³-hybridized carbons (Fsp3) is 0.333. The minimum Gasteiger partial charge on any atom is -0.382 e. The normalized spacial score (nSPS) is 9.71. The first-order valence-electron chi connectivity index (χ1n) is 4.73. The first-order chi connectivity index (χ1) is 6.59. The Morgan fingerprint density at radius 2 is 2.14 bits per heavy atom. The highest BCUT2D eigenvalue weighted by molar-refractivity contribution is 6.31. The van der Waals surface area contributed by atoms with Gasteiger partial charge in [0.15, 0.2) is 0 Å². The van der Waals surface area contributed by atoms with Gasteiger partial charge in [0.25, 0.3) is 0 Å². The molecule has 0 aliphatic heterocycles. The van der Waals surface area contributed by atoms with Gasteiger partial charge in [0.2, 0.25) is 0 Å². The number of allylic oxidation sites excluding steroid dienone is 1. The van der Waals surface area contributed by atoms with E-state index in [1.54, 1.807) is 0 Å². The largest absolute Gasteiger partial charge is 0.382 e. The predicted octanol–water partition coefficient (Wildman–Crippen LogP) is 4.03. The Kier molecular flexibility index (Phi) is 4.02.